The van der Waals surface area contributed by atoms with E-state index in [1.807, 2.05) is 24.3 Å². The number of halogens is 2. The summed E-state index contributed by atoms with van der Waals surface area (Å²) in [5, 5.41) is 12.7. The molecule has 6 nitrogen and oxygen atoms in total. The molecule has 31 heavy (non-hydrogen) atoms. The fraction of sp³-hybridized carbons (Fsp3) is 0.130. The molecule has 8 heteroatoms. The van der Waals surface area contributed by atoms with Gasteiger partial charge in [0.25, 0.3) is 0 Å². The monoisotopic (exact) mass is 416 g/mol. The lowest BCUT2D eigenvalue weighted by atomic mass is 10.0. The Labute approximate surface area is 176 Å². The van der Waals surface area contributed by atoms with Crippen LogP contribution < -0.4 is 5.73 Å². The van der Waals surface area contributed by atoms with Gasteiger partial charge in [-0.2, -0.15) is 18.4 Å². The first-order valence-corrected chi connectivity index (χ1v) is 9.82. The fourth-order valence-electron chi connectivity index (χ4n) is 3.55. The maximum atomic E-state index is 15.5. The first-order valence-electron chi connectivity index (χ1n) is 9.82. The molecule has 2 N–H and O–H groups in total. The Kier molecular flexibility index (Phi) is 4.63. The van der Waals surface area contributed by atoms with Crippen LogP contribution in [0.3, 0.4) is 0 Å². The second-order valence-electron chi connectivity index (χ2n) is 7.23. The highest BCUT2D eigenvalue weighted by Gasteiger charge is 2.40. The van der Waals surface area contributed by atoms with Gasteiger partial charge >= 0.3 is 5.92 Å². The van der Waals surface area contributed by atoms with E-state index in [0.29, 0.717) is 23.1 Å². The lowest BCUT2D eigenvalue weighted by molar-refractivity contribution is 0.0307. The molecule has 0 aliphatic heterocycles. The van der Waals surface area contributed by atoms with Gasteiger partial charge in [-0.3, -0.25) is 4.98 Å². The van der Waals surface area contributed by atoms with Crippen molar-refractivity contribution in [3.8, 4) is 11.3 Å². The van der Waals surface area contributed by atoms with Crippen molar-refractivity contribution in [2.45, 2.75) is 12.3 Å². The molecule has 5 rings (SSSR count). The molecular formula is C23H18F2N6. The number of fused-ring (bicyclic) bond motifs is 2. The molecule has 0 amide bonds. The topological polar surface area (TPSA) is 82.0 Å². The number of alkyl halides is 2. The van der Waals surface area contributed by atoms with Crippen LogP contribution in [0.15, 0.2) is 72.9 Å². The highest BCUT2D eigenvalue weighted by Crippen LogP contribution is 2.36. The van der Waals surface area contributed by atoms with Crippen LogP contribution >= 0.6 is 0 Å². The molecule has 3 heterocycles. The largest absolute Gasteiger partial charge is 0.333 e. The zero-order chi connectivity index (χ0) is 21.4. The summed E-state index contributed by atoms with van der Waals surface area (Å²) in [7, 11) is 0. The zero-order valence-corrected chi connectivity index (χ0v) is 16.4. The molecule has 5 aromatic rings. The van der Waals surface area contributed by atoms with Crippen LogP contribution in [0.5, 0.6) is 0 Å². The Bertz CT molecular complexity index is 1380. The van der Waals surface area contributed by atoms with Gasteiger partial charge in [-0.1, -0.05) is 36.4 Å². The van der Waals surface area contributed by atoms with E-state index >= 15 is 8.78 Å². The van der Waals surface area contributed by atoms with E-state index in [9.17, 15) is 0 Å². The molecule has 2 aromatic carbocycles. The predicted molar refractivity (Wildman–Crippen MR) is 114 cm³/mol. The van der Waals surface area contributed by atoms with Gasteiger partial charge in [-0.05, 0) is 48.9 Å². The lowest BCUT2D eigenvalue weighted by Gasteiger charge is -2.15. The van der Waals surface area contributed by atoms with E-state index in [0.717, 1.165) is 22.1 Å². The highest BCUT2D eigenvalue weighted by atomic mass is 19.3. The third-order valence-corrected chi connectivity index (χ3v) is 5.19. The van der Waals surface area contributed by atoms with Gasteiger partial charge in [-0.25, -0.2) is 0 Å². The van der Waals surface area contributed by atoms with Crippen molar-refractivity contribution in [3.63, 3.8) is 0 Å². The number of rotatable bonds is 5. The minimum Gasteiger partial charge on any atom is -0.330 e. The molecule has 0 bridgehead atoms. The minimum absolute atomic E-state index is 0.194. The molecule has 0 fully saturated rings. The van der Waals surface area contributed by atoms with E-state index in [4.69, 9.17) is 5.73 Å². The van der Waals surface area contributed by atoms with Crippen molar-refractivity contribution in [2.75, 3.05) is 6.54 Å². The minimum atomic E-state index is -3.39. The molecule has 0 aliphatic carbocycles. The van der Waals surface area contributed by atoms with Gasteiger partial charge in [-0.15, -0.1) is 10.2 Å². The normalized spacial score (nSPS) is 12.0. The number of pyridine rings is 1. The molecular weight excluding hydrogens is 398 g/mol. The van der Waals surface area contributed by atoms with E-state index in [1.54, 1.807) is 36.5 Å². The van der Waals surface area contributed by atoms with Gasteiger partial charge in [0.2, 0.25) is 5.82 Å². The molecule has 0 radical (unpaired) electrons. The van der Waals surface area contributed by atoms with E-state index in [-0.39, 0.29) is 11.2 Å². The van der Waals surface area contributed by atoms with Crippen molar-refractivity contribution in [2.24, 2.45) is 5.73 Å². The van der Waals surface area contributed by atoms with Crippen molar-refractivity contribution >= 4 is 16.6 Å². The third-order valence-electron chi connectivity index (χ3n) is 5.19. The summed E-state index contributed by atoms with van der Waals surface area (Å²) in [6.07, 6.45) is 2.40. The maximum Gasteiger partial charge on any atom is 0.333 e. The second-order valence-corrected chi connectivity index (χ2v) is 7.23. The molecule has 0 saturated heterocycles. The van der Waals surface area contributed by atoms with Crippen molar-refractivity contribution in [1.29, 1.82) is 0 Å². The Morgan fingerprint density at radius 3 is 2.58 bits per heavy atom. The summed E-state index contributed by atoms with van der Waals surface area (Å²) < 4.78 is 32.0. The summed E-state index contributed by atoms with van der Waals surface area (Å²) in [5.74, 6) is -3.92. The van der Waals surface area contributed by atoms with Crippen LogP contribution in [-0.2, 0) is 12.3 Å². The van der Waals surface area contributed by atoms with Crippen LogP contribution in [0.4, 0.5) is 8.78 Å². The summed E-state index contributed by atoms with van der Waals surface area (Å²) in [4.78, 5) is 4.18. The van der Waals surface area contributed by atoms with Crippen LogP contribution in [0, 0.1) is 0 Å². The predicted octanol–water partition coefficient (Wildman–Crippen LogP) is 3.98. The highest BCUT2D eigenvalue weighted by molar-refractivity contribution is 5.79. The average Bonchev–Trinajstić information content (AvgIpc) is 3.23. The Balaban J connectivity index is 1.58. The van der Waals surface area contributed by atoms with Gasteiger partial charge < -0.3 is 5.73 Å². The number of hydrogen-bond donors (Lipinski definition) is 1. The van der Waals surface area contributed by atoms with E-state index in [1.165, 1.54) is 12.1 Å². The number of nitrogens with two attached hydrogens (primary N) is 1. The molecule has 0 unspecified atom stereocenters. The first-order chi connectivity index (χ1) is 15.1. The molecule has 0 saturated carbocycles. The zero-order valence-electron chi connectivity index (χ0n) is 16.4. The third kappa shape index (κ3) is 3.40. The molecule has 0 atom stereocenters. The maximum absolute atomic E-state index is 15.5. The van der Waals surface area contributed by atoms with Crippen LogP contribution in [0.1, 0.15) is 17.0 Å². The quantitative estimate of drug-likeness (QED) is 0.469. The van der Waals surface area contributed by atoms with Gasteiger partial charge in [0, 0.05) is 22.7 Å². The van der Waals surface area contributed by atoms with E-state index < -0.39 is 11.7 Å². The lowest BCUT2D eigenvalue weighted by Crippen LogP contribution is -2.20. The summed E-state index contributed by atoms with van der Waals surface area (Å²) in [6, 6.07) is 18.9. The van der Waals surface area contributed by atoms with Crippen LogP contribution in [0.2, 0.25) is 0 Å². The standard InChI is InChI=1S/C23H18F2N6/c24-23(25,18-7-8-19-17(14-18)2-1-13-27-19)22-29-28-21-10-9-20(30-31(21)22)16-5-3-15(4-6-16)11-12-26/h1-10,13-14H,11-12,26H2. The number of benzene rings is 2. The Morgan fingerprint density at radius 2 is 1.77 bits per heavy atom. The van der Waals surface area contributed by atoms with Gasteiger partial charge in [0.1, 0.15) is 0 Å². The van der Waals surface area contributed by atoms with Crippen molar-refractivity contribution in [3.05, 3.63) is 89.9 Å². The molecule has 3 aromatic heterocycles. The average molecular weight is 416 g/mol. The first kappa shape index (κ1) is 19.2. The summed E-state index contributed by atoms with van der Waals surface area (Å²) >= 11 is 0. The fourth-order valence-corrected chi connectivity index (χ4v) is 3.55. The SMILES string of the molecule is NCCc1ccc(-c2ccc3nnc(C(F)(F)c4ccc5ncccc5c4)n3n2)cc1. The van der Waals surface area contributed by atoms with Crippen LogP contribution in [-0.4, -0.2) is 31.3 Å². The van der Waals surface area contributed by atoms with Gasteiger partial charge in [0.05, 0.1) is 11.2 Å². The molecule has 154 valence electrons. The molecule has 0 spiro atoms. The van der Waals surface area contributed by atoms with Crippen LogP contribution in [0.25, 0.3) is 27.8 Å². The smallest absolute Gasteiger partial charge is 0.330 e. The van der Waals surface area contributed by atoms with Crippen molar-refractivity contribution in [1.82, 2.24) is 24.8 Å². The molecule has 0 aliphatic rings. The second kappa shape index (κ2) is 7.48. The summed E-state index contributed by atoms with van der Waals surface area (Å²) in [6.45, 7) is 0.563. The Hall–Kier alpha value is -3.78. The van der Waals surface area contributed by atoms with Crippen molar-refractivity contribution < 1.29 is 8.78 Å². The number of hydrogen-bond acceptors (Lipinski definition) is 5. The van der Waals surface area contributed by atoms with Gasteiger partial charge in [0.15, 0.2) is 5.65 Å². The van der Waals surface area contributed by atoms with E-state index in [2.05, 4.69) is 20.3 Å². The summed E-state index contributed by atoms with van der Waals surface area (Å²) in [5.41, 5.74) is 8.76. The Morgan fingerprint density at radius 1 is 0.935 bits per heavy atom. The number of aromatic nitrogens is 5. The number of nitrogens with zero attached hydrogens (tertiary/aromatic N) is 5.